The van der Waals surface area contributed by atoms with E-state index < -0.39 is 0 Å². The van der Waals surface area contributed by atoms with E-state index in [0.717, 1.165) is 5.56 Å². The summed E-state index contributed by atoms with van der Waals surface area (Å²) >= 11 is 0. The standard InChI is InChI=1S/C13H11FO2/c1-16-12-4-2-3-11(15)13(12)9-5-7-10(14)8-6-9/h2-8,15H,1H3. The molecule has 16 heavy (non-hydrogen) atoms. The number of halogens is 1. The van der Waals surface area contributed by atoms with Crippen molar-refractivity contribution in [2.45, 2.75) is 0 Å². The number of hydrogen-bond acceptors (Lipinski definition) is 2. The van der Waals surface area contributed by atoms with Crippen LogP contribution in [0.4, 0.5) is 4.39 Å². The SMILES string of the molecule is COc1cccc(O)c1-c1ccc(F)cc1. The Labute approximate surface area is 92.9 Å². The summed E-state index contributed by atoms with van der Waals surface area (Å²) in [5.74, 6) is 0.371. The second kappa shape index (κ2) is 4.23. The molecule has 0 fully saturated rings. The third kappa shape index (κ3) is 1.84. The highest BCUT2D eigenvalue weighted by Crippen LogP contribution is 2.37. The van der Waals surface area contributed by atoms with Gasteiger partial charge in [0.15, 0.2) is 0 Å². The molecular formula is C13H11FO2. The lowest BCUT2D eigenvalue weighted by atomic mass is 10.0. The molecule has 2 aromatic carbocycles. The minimum absolute atomic E-state index is 0.117. The second-order valence-corrected chi connectivity index (χ2v) is 3.36. The summed E-state index contributed by atoms with van der Waals surface area (Å²) in [6.07, 6.45) is 0. The Kier molecular flexibility index (Phi) is 2.77. The maximum Gasteiger partial charge on any atom is 0.130 e. The van der Waals surface area contributed by atoms with Crippen LogP contribution in [0.1, 0.15) is 0 Å². The zero-order valence-electron chi connectivity index (χ0n) is 8.77. The van der Waals surface area contributed by atoms with E-state index in [1.54, 1.807) is 30.3 Å². The molecule has 2 rings (SSSR count). The molecule has 0 radical (unpaired) electrons. The molecule has 1 N–H and O–H groups in total. The summed E-state index contributed by atoms with van der Waals surface area (Å²) < 4.78 is 17.9. The third-order valence-corrected chi connectivity index (χ3v) is 2.36. The van der Waals surface area contributed by atoms with Gasteiger partial charge in [-0.15, -0.1) is 0 Å². The van der Waals surface area contributed by atoms with Crippen LogP contribution in [0.25, 0.3) is 11.1 Å². The summed E-state index contributed by atoms with van der Waals surface area (Å²) in [5.41, 5.74) is 1.29. The van der Waals surface area contributed by atoms with Crippen LogP contribution in [0, 0.1) is 5.82 Å². The molecule has 3 heteroatoms. The van der Waals surface area contributed by atoms with E-state index in [0.29, 0.717) is 11.3 Å². The van der Waals surface area contributed by atoms with Gasteiger partial charge in [0.1, 0.15) is 17.3 Å². The molecule has 0 amide bonds. The first-order valence-corrected chi connectivity index (χ1v) is 4.84. The summed E-state index contributed by atoms with van der Waals surface area (Å²) in [6, 6.07) is 10.9. The van der Waals surface area contributed by atoms with Crippen LogP contribution in [-0.2, 0) is 0 Å². The number of hydrogen-bond donors (Lipinski definition) is 1. The van der Waals surface area contributed by atoms with Gasteiger partial charge < -0.3 is 9.84 Å². The summed E-state index contributed by atoms with van der Waals surface area (Å²) in [4.78, 5) is 0. The number of rotatable bonds is 2. The predicted molar refractivity (Wildman–Crippen MR) is 60.1 cm³/mol. The fraction of sp³-hybridized carbons (Fsp3) is 0.0769. The van der Waals surface area contributed by atoms with E-state index in [-0.39, 0.29) is 11.6 Å². The molecule has 0 heterocycles. The highest BCUT2D eigenvalue weighted by molar-refractivity contribution is 5.76. The Morgan fingerprint density at radius 2 is 1.75 bits per heavy atom. The van der Waals surface area contributed by atoms with Gasteiger partial charge in [-0.1, -0.05) is 18.2 Å². The zero-order chi connectivity index (χ0) is 11.5. The summed E-state index contributed by atoms with van der Waals surface area (Å²) in [5, 5.41) is 9.77. The van der Waals surface area contributed by atoms with Crippen molar-refractivity contribution < 1.29 is 14.2 Å². The van der Waals surface area contributed by atoms with Crippen molar-refractivity contribution in [1.82, 2.24) is 0 Å². The van der Waals surface area contributed by atoms with Gasteiger partial charge in [0.25, 0.3) is 0 Å². The maximum absolute atomic E-state index is 12.8. The van der Waals surface area contributed by atoms with Gasteiger partial charge in [-0.25, -0.2) is 4.39 Å². The van der Waals surface area contributed by atoms with Crippen molar-refractivity contribution in [2.24, 2.45) is 0 Å². The van der Waals surface area contributed by atoms with E-state index in [9.17, 15) is 9.50 Å². The molecule has 0 bridgehead atoms. The van der Waals surface area contributed by atoms with E-state index in [1.807, 2.05) is 0 Å². The number of ether oxygens (including phenoxy) is 1. The molecule has 0 spiro atoms. The van der Waals surface area contributed by atoms with Crippen LogP contribution in [0.2, 0.25) is 0 Å². The maximum atomic E-state index is 12.8. The first-order valence-electron chi connectivity index (χ1n) is 4.84. The number of benzene rings is 2. The largest absolute Gasteiger partial charge is 0.507 e. The van der Waals surface area contributed by atoms with Gasteiger partial charge in [0.2, 0.25) is 0 Å². The fourth-order valence-electron chi connectivity index (χ4n) is 1.60. The zero-order valence-corrected chi connectivity index (χ0v) is 8.77. The van der Waals surface area contributed by atoms with Crippen LogP contribution in [-0.4, -0.2) is 12.2 Å². The van der Waals surface area contributed by atoms with Crippen molar-refractivity contribution in [2.75, 3.05) is 7.11 Å². The minimum Gasteiger partial charge on any atom is -0.507 e. The Hall–Kier alpha value is -2.03. The molecule has 82 valence electrons. The molecule has 2 nitrogen and oxygen atoms in total. The Bertz CT molecular complexity index is 492. The lowest BCUT2D eigenvalue weighted by molar-refractivity contribution is 0.410. The van der Waals surface area contributed by atoms with E-state index in [2.05, 4.69) is 0 Å². The second-order valence-electron chi connectivity index (χ2n) is 3.36. The smallest absolute Gasteiger partial charge is 0.130 e. The number of aromatic hydroxyl groups is 1. The quantitative estimate of drug-likeness (QED) is 0.838. The van der Waals surface area contributed by atoms with Crippen LogP contribution in [0.15, 0.2) is 42.5 Å². The summed E-state index contributed by atoms with van der Waals surface area (Å²) in [7, 11) is 1.53. The predicted octanol–water partition coefficient (Wildman–Crippen LogP) is 3.21. The molecule has 2 aromatic rings. The van der Waals surface area contributed by atoms with Gasteiger partial charge in [-0.05, 0) is 29.8 Å². The van der Waals surface area contributed by atoms with Crippen LogP contribution >= 0.6 is 0 Å². The molecule has 0 aliphatic carbocycles. The number of phenolic OH excluding ortho intramolecular Hbond substituents is 1. The molecule has 0 saturated carbocycles. The molecule has 0 aliphatic heterocycles. The highest BCUT2D eigenvalue weighted by atomic mass is 19.1. The van der Waals surface area contributed by atoms with Gasteiger partial charge in [-0.3, -0.25) is 0 Å². The first kappa shape index (κ1) is 10.5. The average Bonchev–Trinajstić information content (AvgIpc) is 2.30. The summed E-state index contributed by atoms with van der Waals surface area (Å²) in [6.45, 7) is 0. The minimum atomic E-state index is -0.307. The first-order chi connectivity index (χ1) is 7.72. The van der Waals surface area contributed by atoms with Crippen molar-refractivity contribution in [3.05, 3.63) is 48.3 Å². The van der Waals surface area contributed by atoms with Crippen molar-refractivity contribution in [3.8, 4) is 22.6 Å². The van der Waals surface area contributed by atoms with Crippen LogP contribution in [0.5, 0.6) is 11.5 Å². The van der Waals surface area contributed by atoms with E-state index in [4.69, 9.17) is 4.74 Å². The van der Waals surface area contributed by atoms with Crippen molar-refractivity contribution in [1.29, 1.82) is 0 Å². The molecule has 0 saturated heterocycles. The topological polar surface area (TPSA) is 29.5 Å². The van der Waals surface area contributed by atoms with E-state index >= 15 is 0 Å². The number of phenols is 1. The van der Waals surface area contributed by atoms with Crippen molar-refractivity contribution >= 4 is 0 Å². The van der Waals surface area contributed by atoms with Crippen LogP contribution < -0.4 is 4.74 Å². The highest BCUT2D eigenvalue weighted by Gasteiger charge is 2.10. The van der Waals surface area contributed by atoms with Gasteiger partial charge in [0.05, 0.1) is 12.7 Å². The molecule has 0 atom stereocenters. The molecule has 0 unspecified atom stereocenters. The lowest BCUT2D eigenvalue weighted by Gasteiger charge is -2.10. The normalized spacial score (nSPS) is 10.1. The van der Waals surface area contributed by atoms with E-state index in [1.165, 1.54) is 19.2 Å². The van der Waals surface area contributed by atoms with Gasteiger partial charge in [-0.2, -0.15) is 0 Å². The lowest BCUT2D eigenvalue weighted by Crippen LogP contribution is -1.88. The Morgan fingerprint density at radius 1 is 1.06 bits per heavy atom. The molecular weight excluding hydrogens is 207 g/mol. The monoisotopic (exact) mass is 218 g/mol. The Morgan fingerprint density at radius 3 is 2.38 bits per heavy atom. The molecule has 0 aliphatic rings. The fourth-order valence-corrected chi connectivity index (χ4v) is 1.60. The van der Waals surface area contributed by atoms with Gasteiger partial charge in [0, 0.05) is 0 Å². The molecule has 0 aromatic heterocycles. The van der Waals surface area contributed by atoms with Gasteiger partial charge >= 0.3 is 0 Å². The number of methoxy groups -OCH3 is 1. The third-order valence-electron chi connectivity index (χ3n) is 2.36. The average molecular weight is 218 g/mol. The van der Waals surface area contributed by atoms with Crippen LogP contribution in [0.3, 0.4) is 0 Å². The van der Waals surface area contributed by atoms with Crippen molar-refractivity contribution in [3.63, 3.8) is 0 Å². The Balaban J connectivity index is 2.58.